The number of hydrogen-bond acceptors (Lipinski definition) is 8. The Morgan fingerprint density at radius 1 is 1.18 bits per heavy atom. The van der Waals surface area contributed by atoms with Crippen LogP contribution in [0.2, 0.25) is 0 Å². The number of nitrogens with zero attached hydrogens (tertiary/aromatic N) is 3. The number of amides is 1. The zero-order valence-electron chi connectivity index (χ0n) is 23.9. The van der Waals surface area contributed by atoms with Crippen molar-refractivity contribution in [1.29, 1.82) is 0 Å². The molecule has 9 nitrogen and oxygen atoms in total. The molecular weight excluding hydrogens is 538 g/mol. The van der Waals surface area contributed by atoms with Crippen molar-refractivity contribution in [3.05, 3.63) is 41.3 Å². The Morgan fingerprint density at radius 2 is 1.92 bits per heavy atom. The maximum absolute atomic E-state index is 14.0. The summed E-state index contributed by atoms with van der Waals surface area (Å²) in [5, 5.41) is 11.8. The first-order valence-corrected chi connectivity index (χ1v) is 15.8. The van der Waals surface area contributed by atoms with E-state index in [1.165, 1.54) is 15.6 Å². The third-order valence-corrected chi connectivity index (χ3v) is 10.3. The molecule has 2 heterocycles. The molecule has 0 spiro atoms. The van der Waals surface area contributed by atoms with Gasteiger partial charge in [-0.1, -0.05) is 13.0 Å². The van der Waals surface area contributed by atoms with Crippen molar-refractivity contribution in [3.63, 3.8) is 0 Å². The quantitative estimate of drug-likeness (QED) is 0.529. The Balaban J connectivity index is 1.96. The van der Waals surface area contributed by atoms with Crippen LogP contribution in [0, 0.1) is 5.92 Å². The van der Waals surface area contributed by atoms with E-state index in [-0.39, 0.29) is 41.8 Å². The van der Waals surface area contributed by atoms with E-state index < -0.39 is 22.2 Å². The Kier molecular flexibility index (Phi) is 11.2. The number of carbonyl (C=O) groups excluding carboxylic acids is 1. The van der Waals surface area contributed by atoms with Crippen molar-refractivity contribution >= 4 is 33.0 Å². The van der Waals surface area contributed by atoms with Crippen LogP contribution >= 0.6 is 11.3 Å². The Bertz CT molecular complexity index is 1170. The lowest BCUT2D eigenvalue weighted by Crippen LogP contribution is -2.48. The molecule has 0 aliphatic carbocycles. The Morgan fingerprint density at radius 3 is 2.56 bits per heavy atom. The van der Waals surface area contributed by atoms with Gasteiger partial charge in [-0.2, -0.15) is 4.31 Å². The van der Waals surface area contributed by atoms with Crippen LogP contribution in [-0.4, -0.2) is 94.3 Å². The number of likely N-dealkylation sites (N-methyl/N-ethyl adjacent to an activating group) is 1. The van der Waals surface area contributed by atoms with E-state index >= 15 is 0 Å². The van der Waals surface area contributed by atoms with Gasteiger partial charge in [-0.05, 0) is 62.8 Å². The van der Waals surface area contributed by atoms with Crippen LogP contribution in [0.1, 0.15) is 50.4 Å². The predicted molar refractivity (Wildman–Crippen MR) is 155 cm³/mol. The molecule has 0 radical (unpaired) electrons. The molecule has 1 aromatic heterocycles. The van der Waals surface area contributed by atoms with E-state index in [1.54, 1.807) is 36.4 Å². The molecule has 1 aromatic carbocycles. The van der Waals surface area contributed by atoms with Gasteiger partial charge in [0.1, 0.15) is 9.96 Å². The van der Waals surface area contributed by atoms with Crippen molar-refractivity contribution in [2.75, 3.05) is 52.3 Å². The molecule has 1 amide bonds. The molecule has 1 N–H and O–H groups in total. The predicted octanol–water partition coefficient (Wildman–Crippen LogP) is 3.93. The number of carbonyl (C=O) groups is 1. The van der Waals surface area contributed by atoms with E-state index in [9.17, 15) is 18.3 Å². The first kappa shape index (κ1) is 31.3. The van der Waals surface area contributed by atoms with Gasteiger partial charge in [0.25, 0.3) is 15.9 Å². The summed E-state index contributed by atoms with van der Waals surface area (Å²) in [5.41, 5.74) is 1.30. The number of ether oxygens (including phenoxy) is 2. The normalized spacial score (nSPS) is 22.6. The van der Waals surface area contributed by atoms with Gasteiger partial charge in [0.2, 0.25) is 0 Å². The Labute approximate surface area is 237 Å². The summed E-state index contributed by atoms with van der Waals surface area (Å²) in [6.45, 7) is 6.44. The first-order valence-electron chi connectivity index (χ1n) is 13.5. The lowest BCUT2D eigenvalue weighted by Gasteiger charge is -2.35. The molecule has 0 fully saturated rings. The second-order valence-corrected chi connectivity index (χ2v) is 13.8. The molecule has 218 valence electrons. The minimum Gasteiger partial charge on any atom is -0.490 e. The molecule has 11 heteroatoms. The largest absolute Gasteiger partial charge is 0.490 e. The van der Waals surface area contributed by atoms with Crippen molar-refractivity contribution in [2.45, 2.75) is 62.5 Å². The second kappa shape index (κ2) is 13.9. The number of fused-ring (bicyclic) bond motifs is 1. The maximum Gasteiger partial charge on any atom is 0.258 e. The van der Waals surface area contributed by atoms with Crippen LogP contribution in [0.25, 0.3) is 0 Å². The van der Waals surface area contributed by atoms with Crippen LogP contribution < -0.4 is 9.64 Å². The van der Waals surface area contributed by atoms with Gasteiger partial charge in [-0.3, -0.25) is 4.79 Å². The van der Waals surface area contributed by atoms with Gasteiger partial charge >= 0.3 is 0 Å². The van der Waals surface area contributed by atoms with Crippen molar-refractivity contribution in [1.82, 2.24) is 9.21 Å². The van der Waals surface area contributed by atoms with Crippen LogP contribution in [-0.2, 0) is 14.8 Å². The third-order valence-electron chi connectivity index (χ3n) is 7.15. The number of anilines is 1. The molecule has 0 unspecified atom stereocenters. The summed E-state index contributed by atoms with van der Waals surface area (Å²) in [6.07, 6.45) is 1.91. The van der Waals surface area contributed by atoms with Crippen LogP contribution in [0.4, 0.5) is 5.69 Å². The molecule has 0 saturated heterocycles. The highest BCUT2D eigenvalue weighted by atomic mass is 32.2. The van der Waals surface area contributed by atoms with Gasteiger partial charge in [0.15, 0.2) is 0 Å². The average molecular weight is 582 g/mol. The minimum atomic E-state index is -3.65. The number of thiophene rings is 1. The molecule has 39 heavy (non-hydrogen) atoms. The molecule has 4 atom stereocenters. The highest BCUT2D eigenvalue weighted by molar-refractivity contribution is 7.91. The molecule has 1 aliphatic heterocycles. The van der Waals surface area contributed by atoms with Crippen molar-refractivity contribution in [2.24, 2.45) is 5.92 Å². The maximum atomic E-state index is 14.0. The highest BCUT2D eigenvalue weighted by Gasteiger charge is 2.32. The number of hydrogen-bond donors (Lipinski definition) is 1. The SMILES string of the molecule is C[C@@H]1CCCCO[C@@H](CN(C)S(=O)(=O)c2cccs2)[C@@H](C)CN([C@H](C)CO)C(=O)c2cc(N(C)C)ccc2O1. The van der Waals surface area contributed by atoms with Gasteiger partial charge < -0.3 is 24.4 Å². The zero-order valence-corrected chi connectivity index (χ0v) is 25.5. The second-order valence-electron chi connectivity index (χ2n) is 10.6. The van der Waals surface area contributed by atoms with E-state index in [4.69, 9.17) is 9.47 Å². The van der Waals surface area contributed by atoms with Crippen LogP contribution in [0.3, 0.4) is 0 Å². The summed E-state index contributed by atoms with van der Waals surface area (Å²) in [4.78, 5) is 17.6. The van der Waals surface area contributed by atoms with Gasteiger partial charge in [0, 0.05) is 52.4 Å². The molecule has 0 bridgehead atoms. The molecule has 2 aromatic rings. The monoisotopic (exact) mass is 581 g/mol. The van der Waals surface area contributed by atoms with E-state index in [1.807, 2.05) is 51.0 Å². The molecule has 0 saturated carbocycles. The fourth-order valence-electron chi connectivity index (χ4n) is 4.57. The number of aliphatic hydroxyl groups excluding tert-OH is 1. The van der Waals surface area contributed by atoms with Gasteiger partial charge in [-0.15, -0.1) is 11.3 Å². The summed E-state index contributed by atoms with van der Waals surface area (Å²) in [7, 11) is 1.74. The summed E-state index contributed by atoms with van der Waals surface area (Å²) >= 11 is 1.18. The van der Waals surface area contributed by atoms with Crippen molar-refractivity contribution in [3.8, 4) is 5.75 Å². The number of sulfonamides is 1. The molecule has 3 rings (SSSR count). The van der Waals surface area contributed by atoms with E-state index in [0.29, 0.717) is 17.9 Å². The topological polar surface area (TPSA) is 99.6 Å². The fraction of sp³-hybridized carbons (Fsp3) is 0.607. The van der Waals surface area contributed by atoms with Gasteiger partial charge in [-0.25, -0.2) is 8.42 Å². The van der Waals surface area contributed by atoms with Gasteiger partial charge in [0.05, 0.1) is 30.4 Å². The summed E-state index contributed by atoms with van der Waals surface area (Å²) < 4.78 is 40.4. The Hall–Kier alpha value is -2.18. The number of benzene rings is 1. The summed E-state index contributed by atoms with van der Waals surface area (Å²) in [5.74, 6) is 0.0596. The standard InChI is InChI=1S/C28H43N3O6S2/c1-20-17-31(21(2)19-32)28(33)24-16-23(29(4)5)12-13-25(24)37-22(3)10-7-8-14-36-26(20)18-30(6)39(34,35)27-11-9-15-38-27/h9,11-13,15-16,20-22,26,32H,7-8,10,14,17-19H2,1-6H3/t20-,21+,22+,26-/m0/s1. The highest BCUT2D eigenvalue weighted by Crippen LogP contribution is 2.29. The van der Waals surface area contributed by atoms with E-state index in [2.05, 4.69) is 0 Å². The van der Waals surface area contributed by atoms with Crippen LogP contribution in [0.15, 0.2) is 39.9 Å². The first-order chi connectivity index (χ1) is 18.4. The number of rotatable bonds is 7. The smallest absolute Gasteiger partial charge is 0.258 e. The van der Waals surface area contributed by atoms with E-state index in [0.717, 1.165) is 24.9 Å². The van der Waals surface area contributed by atoms with Crippen LogP contribution in [0.5, 0.6) is 5.75 Å². The minimum absolute atomic E-state index is 0.106. The third kappa shape index (κ3) is 7.94. The summed E-state index contributed by atoms with van der Waals surface area (Å²) in [6, 6.07) is 8.45. The number of aliphatic hydroxyl groups is 1. The average Bonchev–Trinajstić information content (AvgIpc) is 3.45. The lowest BCUT2D eigenvalue weighted by molar-refractivity contribution is -0.00832. The van der Waals surface area contributed by atoms with Crippen molar-refractivity contribution < 1.29 is 27.8 Å². The molecule has 1 aliphatic rings. The lowest BCUT2D eigenvalue weighted by atomic mass is 10.0. The zero-order chi connectivity index (χ0) is 28.7. The molecular formula is C28H43N3O6S2. The fourth-order valence-corrected chi connectivity index (χ4v) is 6.95.